The molecular formula is C30H38ClNO7. The number of carbonyl (C=O) groups excluding carboxylic acids is 2. The maximum absolute atomic E-state index is 13.4. The van der Waals surface area contributed by atoms with Crippen molar-refractivity contribution in [2.45, 2.75) is 65.0 Å². The normalized spacial score (nSPS) is 39.7. The number of ether oxygens (including phenoxy) is 2. The monoisotopic (exact) mass is 559 g/mol. The van der Waals surface area contributed by atoms with Gasteiger partial charge in [0, 0.05) is 30.6 Å². The summed E-state index contributed by atoms with van der Waals surface area (Å²) < 4.78 is 11.3. The summed E-state index contributed by atoms with van der Waals surface area (Å²) in [4.78, 5) is 26.4. The molecule has 1 aromatic carbocycles. The molecule has 39 heavy (non-hydrogen) atoms. The van der Waals surface area contributed by atoms with Crippen molar-refractivity contribution in [3.8, 4) is 0 Å². The van der Waals surface area contributed by atoms with E-state index in [0.717, 1.165) is 6.42 Å². The summed E-state index contributed by atoms with van der Waals surface area (Å²) in [6, 6.07) is 6.66. The molecule has 5 rings (SSSR count). The van der Waals surface area contributed by atoms with Crippen LogP contribution in [-0.2, 0) is 14.3 Å². The smallest absolute Gasteiger partial charge is 0.414 e. The van der Waals surface area contributed by atoms with Crippen LogP contribution in [0.2, 0.25) is 5.02 Å². The molecule has 1 spiro atoms. The van der Waals surface area contributed by atoms with Crippen LogP contribution in [0.1, 0.15) is 41.0 Å². The number of anilines is 1. The van der Waals surface area contributed by atoms with Gasteiger partial charge in [-0.2, -0.15) is 0 Å². The van der Waals surface area contributed by atoms with E-state index in [1.54, 1.807) is 44.3 Å². The van der Waals surface area contributed by atoms with E-state index in [4.69, 9.17) is 21.1 Å². The minimum atomic E-state index is -2.10. The third-order valence-corrected chi connectivity index (χ3v) is 10.4. The largest absolute Gasteiger partial charge is 0.461 e. The zero-order valence-electron chi connectivity index (χ0n) is 23.2. The van der Waals surface area contributed by atoms with Gasteiger partial charge in [0.2, 0.25) is 0 Å². The van der Waals surface area contributed by atoms with Gasteiger partial charge in [0.1, 0.15) is 18.3 Å². The van der Waals surface area contributed by atoms with Crippen molar-refractivity contribution in [2.75, 3.05) is 18.6 Å². The van der Waals surface area contributed by atoms with Gasteiger partial charge in [0.15, 0.2) is 6.10 Å². The molecule has 2 saturated carbocycles. The Bertz CT molecular complexity index is 1240. The molecule has 4 aliphatic rings. The highest BCUT2D eigenvalue weighted by Crippen LogP contribution is 2.72. The summed E-state index contributed by atoms with van der Waals surface area (Å²) in [5.74, 6) is -0.729. The standard InChI is InChI=1S/C30H38ClNO7/c1-15-13-29-16(2)11-22-23(28(22,4)5)21(25(29)35)12-18(14-38-17(3)33)24(34)30(29,37)26(15)39-27(36)32(6)20-9-7-19(31)8-10-20/h7-10,12-13,16,21-26,34-35,37H,11,14H2,1-6H3/t16-,21+,22-,23+,24-,25?,26+,29?,30+/m1/s1. The topological polar surface area (TPSA) is 117 Å². The van der Waals surface area contributed by atoms with Crippen LogP contribution in [-0.4, -0.2) is 64.9 Å². The van der Waals surface area contributed by atoms with Crippen molar-refractivity contribution in [3.63, 3.8) is 0 Å². The van der Waals surface area contributed by atoms with Crippen molar-refractivity contribution >= 4 is 29.4 Å². The minimum Gasteiger partial charge on any atom is -0.461 e. The molecule has 4 aliphatic carbocycles. The van der Waals surface area contributed by atoms with Gasteiger partial charge in [-0.15, -0.1) is 0 Å². The molecule has 0 radical (unpaired) electrons. The summed E-state index contributed by atoms with van der Waals surface area (Å²) in [5.41, 5.74) is -2.06. The van der Waals surface area contributed by atoms with Crippen molar-refractivity contribution in [1.29, 1.82) is 0 Å². The fourth-order valence-corrected chi connectivity index (χ4v) is 8.15. The first kappa shape index (κ1) is 28.1. The number of carbonyl (C=O) groups is 2. The fraction of sp³-hybridized carbons (Fsp3) is 0.600. The van der Waals surface area contributed by atoms with E-state index >= 15 is 0 Å². The average molecular weight is 560 g/mol. The second-order valence-electron chi connectivity index (χ2n) is 12.5. The molecule has 2 bridgehead atoms. The number of nitrogens with zero attached hydrogens (tertiary/aromatic N) is 1. The Morgan fingerprint density at radius 2 is 1.82 bits per heavy atom. The zero-order valence-corrected chi connectivity index (χ0v) is 24.0. The van der Waals surface area contributed by atoms with Crippen LogP contribution < -0.4 is 4.90 Å². The first-order valence-electron chi connectivity index (χ1n) is 13.5. The van der Waals surface area contributed by atoms with Gasteiger partial charge >= 0.3 is 12.1 Å². The van der Waals surface area contributed by atoms with Gasteiger partial charge in [-0.25, -0.2) is 4.79 Å². The lowest BCUT2D eigenvalue weighted by Gasteiger charge is -2.52. The predicted octanol–water partition coefficient (Wildman–Crippen LogP) is 4.11. The van der Waals surface area contributed by atoms with Crippen LogP contribution in [0.3, 0.4) is 0 Å². The van der Waals surface area contributed by atoms with E-state index in [2.05, 4.69) is 13.8 Å². The number of rotatable bonds is 4. The average Bonchev–Trinajstić information content (AvgIpc) is 3.36. The lowest BCUT2D eigenvalue weighted by atomic mass is 9.58. The van der Waals surface area contributed by atoms with E-state index in [1.807, 2.05) is 13.0 Å². The molecule has 2 fully saturated rings. The molecule has 3 N–H and O–H groups in total. The summed E-state index contributed by atoms with van der Waals surface area (Å²) >= 11 is 5.99. The molecule has 9 atom stereocenters. The van der Waals surface area contributed by atoms with Gasteiger partial charge in [0.05, 0.1) is 11.5 Å². The lowest BCUT2D eigenvalue weighted by Crippen LogP contribution is -2.67. The lowest BCUT2D eigenvalue weighted by molar-refractivity contribution is -0.215. The maximum Gasteiger partial charge on any atom is 0.414 e. The Hall–Kier alpha value is -2.39. The number of benzene rings is 1. The van der Waals surface area contributed by atoms with Crippen LogP contribution in [0.25, 0.3) is 0 Å². The van der Waals surface area contributed by atoms with E-state index in [1.165, 1.54) is 11.8 Å². The van der Waals surface area contributed by atoms with E-state index in [-0.39, 0.29) is 29.8 Å². The van der Waals surface area contributed by atoms with Crippen molar-refractivity contribution in [3.05, 3.63) is 52.6 Å². The number of halogens is 1. The summed E-state index contributed by atoms with van der Waals surface area (Å²) in [7, 11) is 1.55. The highest BCUT2D eigenvalue weighted by Gasteiger charge is 2.76. The second kappa shape index (κ2) is 9.33. The highest BCUT2D eigenvalue weighted by atomic mass is 35.5. The molecule has 0 heterocycles. The van der Waals surface area contributed by atoms with E-state index in [0.29, 0.717) is 27.8 Å². The summed E-state index contributed by atoms with van der Waals surface area (Å²) in [6.07, 6.45) is -0.270. The van der Waals surface area contributed by atoms with Gasteiger partial charge < -0.3 is 24.8 Å². The highest BCUT2D eigenvalue weighted by molar-refractivity contribution is 6.30. The number of aliphatic hydroxyl groups excluding tert-OH is 2. The number of esters is 1. The van der Waals surface area contributed by atoms with Gasteiger partial charge in [-0.1, -0.05) is 44.5 Å². The Balaban J connectivity index is 1.58. The molecule has 0 aromatic heterocycles. The summed E-state index contributed by atoms with van der Waals surface area (Å²) in [5, 5.41) is 37.3. The molecule has 0 saturated heterocycles. The quantitative estimate of drug-likeness (QED) is 0.375. The number of amides is 1. The van der Waals surface area contributed by atoms with Crippen molar-refractivity contribution < 1.29 is 34.4 Å². The molecule has 8 nitrogen and oxygen atoms in total. The number of fused-ring (bicyclic) bond motifs is 3. The first-order valence-corrected chi connectivity index (χ1v) is 13.9. The number of hydrogen-bond donors (Lipinski definition) is 3. The molecule has 0 aliphatic heterocycles. The second-order valence-corrected chi connectivity index (χ2v) is 12.9. The molecule has 9 heteroatoms. The van der Waals surface area contributed by atoms with E-state index < -0.39 is 41.4 Å². The SMILES string of the molecule is CC(=O)OCC1=C[C@@H]2C(O)C3(C=C(C)[C@H](OC(=O)N(C)c4ccc(Cl)cc4)[C@@]3(O)[C@@H]1O)[C@H](C)C[C@@H]1[C@H]2C1(C)C. The Kier molecular flexibility index (Phi) is 6.74. The van der Waals surface area contributed by atoms with Crippen LogP contribution in [0.5, 0.6) is 0 Å². The Morgan fingerprint density at radius 3 is 2.44 bits per heavy atom. The molecule has 212 valence electrons. The van der Waals surface area contributed by atoms with Crippen LogP contribution in [0, 0.1) is 34.5 Å². The Morgan fingerprint density at radius 1 is 1.18 bits per heavy atom. The molecular weight excluding hydrogens is 522 g/mol. The Labute approximate surface area is 234 Å². The third kappa shape index (κ3) is 3.97. The minimum absolute atomic E-state index is 0.0253. The summed E-state index contributed by atoms with van der Waals surface area (Å²) in [6.45, 7) is 9.13. The van der Waals surface area contributed by atoms with Gasteiger partial charge in [-0.3, -0.25) is 9.69 Å². The molecule has 2 unspecified atom stereocenters. The number of hydrogen-bond acceptors (Lipinski definition) is 7. The molecule has 1 aromatic rings. The van der Waals surface area contributed by atoms with Crippen molar-refractivity contribution in [2.24, 2.45) is 34.5 Å². The van der Waals surface area contributed by atoms with E-state index in [9.17, 15) is 24.9 Å². The molecule has 1 amide bonds. The van der Waals surface area contributed by atoms with Crippen molar-refractivity contribution in [1.82, 2.24) is 0 Å². The van der Waals surface area contributed by atoms with Gasteiger partial charge in [0.25, 0.3) is 0 Å². The predicted molar refractivity (Wildman–Crippen MR) is 146 cm³/mol. The fourth-order valence-electron chi connectivity index (χ4n) is 8.03. The maximum atomic E-state index is 13.4. The van der Waals surface area contributed by atoms with Crippen LogP contribution in [0.4, 0.5) is 10.5 Å². The van der Waals surface area contributed by atoms with Crippen LogP contribution >= 0.6 is 11.6 Å². The number of aliphatic hydroxyl groups is 3. The first-order chi connectivity index (χ1) is 18.2. The zero-order chi connectivity index (χ0) is 28.7. The van der Waals surface area contributed by atoms with Gasteiger partial charge in [-0.05, 0) is 71.9 Å². The van der Waals surface area contributed by atoms with Crippen LogP contribution in [0.15, 0.2) is 47.6 Å². The third-order valence-electron chi connectivity index (χ3n) is 10.1.